The molecule has 5 rings (SSSR count). The van der Waals surface area contributed by atoms with Gasteiger partial charge in [-0.05, 0) is 44.2 Å². The summed E-state index contributed by atoms with van der Waals surface area (Å²) in [5.41, 5.74) is 9.84. The van der Waals surface area contributed by atoms with E-state index in [-0.39, 0.29) is 32.6 Å². The van der Waals surface area contributed by atoms with Gasteiger partial charge >= 0.3 is 22.5 Å². The SMILES string of the molecule is NC1(CC2(N)CCCCC2)CCCCC1.O=c1oc(=O)c2cc3c(=O)oc(=O)c3cc12. The fraction of sp³-hybridized carbons (Fsp3) is 0.565. The highest BCUT2D eigenvalue weighted by Crippen LogP contribution is 2.37. The standard InChI is InChI=1S/C13H26N2.C10H2O6/c14-12(7-3-1-4-8-12)11-13(15)9-5-2-6-10-13;11-7-3-1-4-6(10(14)16-8(4)12)2-5(3)9(13)15-7/h1-11,14-15H2;1-2H. The zero-order valence-electron chi connectivity index (χ0n) is 17.5. The minimum atomic E-state index is -0.824. The number of fused-ring (bicyclic) bond motifs is 2. The third-order valence-corrected chi connectivity index (χ3v) is 6.81. The Hall–Kier alpha value is -2.58. The Morgan fingerprint density at radius 3 is 1.16 bits per heavy atom. The van der Waals surface area contributed by atoms with Gasteiger partial charge in [-0.1, -0.05) is 38.5 Å². The molecule has 0 amide bonds. The zero-order chi connectivity index (χ0) is 22.2. The smallest absolute Gasteiger partial charge is 0.346 e. The first kappa shape index (κ1) is 21.6. The summed E-state index contributed by atoms with van der Waals surface area (Å²) in [6, 6.07) is 2.29. The maximum absolute atomic E-state index is 11.2. The lowest BCUT2D eigenvalue weighted by molar-refractivity contribution is 0.178. The minimum absolute atomic E-state index is 0.0181. The highest BCUT2D eigenvalue weighted by atomic mass is 16.4. The first-order chi connectivity index (χ1) is 14.7. The van der Waals surface area contributed by atoms with Crippen LogP contribution in [-0.2, 0) is 0 Å². The van der Waals surface area contributed by atoms with Crippen molar-refractivity contribution in [3.8, 4) is 0 Å². The number of nitrogens with two attached hydrogens (primary N) is 2. The van der Waals surface area contributed by atoms with Crippen LogP contribution in [0.1, 0.15) is 70.6 Å². The molecule has 0 bridgehead atoms. The Labute approximate surface area is 177 Å². The highest BCUT2D eigenvalue weighted by Gasteiger charge is 2.37. The molecule has 0 aliphatic heterocycles. The van der Waals surface area contributed by atoms with Crippen molar-refractivity contribution in [2.75, 3.05) is 0 Å². The second-order valence-electron chi connectivity index (χ2n) is 9.32. The van der Waals surface area contributed by atoms with Crippen LogP contribution in [0.5, 0.6) is 0 Å². The van der Waals surface area contributed by atoms with Crippen LogP contribution >= 0.6 is 0 Å². The lowest BCUT2D eigenvalue weighted by Gasteiger charge is -2.43. The van der Waals surface area contributed by atoms with Crippen molar-refractivity contribution in [3.05, 3.63) is 53.8 Å². The molecule has 0 atom stereocenters. The van der Waals surface area contributed by atoms with E-state index >= 15 is 0 Å². The van der Waals surface area contributed by atoms with Crippen LogP contribution in [0, 0.1) is 0 Å². The summed E-state index contributed by atoms with van der Waals surface area (Å²) in [7, 11) is 0. The van der Waals surface area contributed by atoms with Crippen molar-refractivity contribution in [2.45, 2.75) is 81.7 Å². The van der Waals surface area contributed by atoms with E-state index in [1.165, 1.54) is 64.2 Å². The van der Waals surface area contributed by atoms with E-state index in [2.05, 4.69) is 8.83 Å². The summed E-state index contributed by atoms with van der Waals surface area (Å²) >= 11 is 0. The average Bonchev–Trinajstić information content (AvgIpc) is 3.16. The topological polar surface area (TPSA) is 147 Å². The molecule has 31 heavy (non-hydrogen) atoms. The number of rotatable bonds is 2. The van der Waals surface area contributed by atoms with Gasteiger partial charge < -0.3 is 20.3 Å². The zero-order valence-corrected chi connectivity index (χ0v) is 17.5. The maximum Gasteiger partial charge on any atom is 0.346 e. The fourth-order valence-corrected chi connectivity index (χ4v) is 5.23. The van der Waals surface area contributed by atoms with Crippen molar-refractivity contribution >= 4 is 21.5 Å². The predicted molar refractivity (Wildman–Crippen MR) is 118 cm³/mol. The molecular weight excluding hydrogens is 400 g/mol. The normalized spacial score (nSPS) is 20.5. The molecular formula is C23H28N2O6. The summed E-state index contributed by atoms with van der Waals surface area (Å²) in [5.74, 6) is 0. The van der Waals surface area contributed by atoms with E-state index in [0.29, 0.717) is 0 Å². The van der Waals surface area contributed by atoms with E-state index in [4.69, 9.17) is 11.5 Å². The molecule has 2 fully saturated rings. The third kappa shape index (κ3) is 4.41. The van der Waals surface area contributed by atoms with Crippen LogP contribution in [0.3, 0.4) is 0 Å². The molecule has 2 saturated carbocycles. The van der Waals surface area contributed by atoms with Crippen LogP contribution in [0.2, 0.25) is 0 Å². The minimum Gasteiger partial charge on any atom is -0.386 e. The second-order valence-corrected chi connectivity index (χ2v) is 9.32. The molecule has 8 nitrogen and oxygen atoms in total. The molecule has 4 N–H and O–H groups in total. The Bertz CT molecular complexity index is 1110. The summed E-state index contributed by atoms with van der Waals surface area (Å²) in [4.78, 5) is 44.7. The Kier molecular flexibility index (Phi) is 5.70. The fourth-order valence-electron chi connectivity index (χ4n) is 5.23. The maximum atomic E-state index is 11.2. The third-order valence-electron chi connectivity index (χ3n) is 6.81. The van der Waals surface area contributed by atoms with Crippen LogP contribution in [0.15, 0.2) is 40.1 Å². The van der Waals surface area contributed by atoms with Gasteiger partial charge in [-0.15, -0.1) is 0 Å². The van der Waals surface area contributed by atoms with Crippen LogP contribution in [-0.4, -0.2) is 11.1 Å². The average molecular weight is 428 g/mol. The number of hydrogen-bond donors (Lipinski definition) is 2. The Balaban J connectivity index is 0.000000150. The molecule has 2 heterocycles. The lowest BCUT2D eigenvalue weighted by atomic mass is 9.69. The van der Waals surface area contributed by atoms with Crippen molar-refractivity contribution in [1.82, 2.24) is 0 Å². The van der Waals surface area contributed by atoms with E-state index in [0.717, 1.165) is 18.6 Å². The first-order valence-corrected chi connectivity index (χ1v) is 11.0. The highest BCUT2D eigenvalue weighted by molar-refractivity contribution is 5.96. The summed E-state index contributed by atoms with van der Waals surface area (Å²) in [6.07, 6.45) is 13.9. The van der Waals surface area contributed by atoms with E-state index in [9.17, 15) is 19.2 Å². The van der Waals surface area contributed by atoms with Gasteiger partial charge in [0.1, 0.15) is 0 Å². The molecule has 8 heteroatoms. The first-order valence-electron chi connectivity index (χ1n) is 11.0. The van der Waals surface area contributed by atoms with Crippen molar-refractivity contribution in [2.24, 2.45) is 11.5 Å². The molecule has 0 radical (unpaired) electrons. The molecule has 0 saturated heterocycles. The molecule has 166 valence electrons. The second kappa shape index (κ2) is 8.16. The van der Waals surface area contributed by atoms with Crippen LogP contribution in [0.25, 0.3) is 21.5 Å². The van der Waals surface area contributed by atoms with Gasteiger partial charge in [0.2, 0.25) is 0 Å². The molecule has 3 aromatic rings. The van der Waals surface area contributed by atoms with E-state index < -0.39 is 22.5 Å². The summed E-state index contributed by atoms with van der Waals surface area (Å²) < 4.78 is 8.68. The Morgan fingerprint density at radius 1 is 0.581 bits per heavy atom. The van der Waals surface area contributed by atoms with Gasteiger partial charge in [0.25, 0.3) is 0 Å². The Morgan fingerprint density at radius 2 is 0.871 bits per heavy atom. The molecule has 1 aromatic carbocycles. The lowest BCUT2D eigenvalue weighted by Crippen LogP contribution is -2.53. The van der Waals surface area contributed by atoms with Gasteiger partial charge in [0, 0.05) is 11.1 Å². The molecule has 0 spiro atoms. The van der Waals surface area contributed by atoms with Crippen LogP contribution in [0.4, 0.5) is 0 Å². The monoisotopic (exact) mass is 428 g/mol. The summed E-state index contributed by atoms with van der Waals surface area (Å²) in [6.45, 7) is 0. The number of furan rings is 2. The van der Waals surface area contributed by atoms with Gasteiger partial charge in [-0.25, -0.2) is 19.2 Å². The van der Waals surface area contributed by atoms with Gasteiger partial charge in [0.05, 0.1) is 21.5 Å². The van der Waals surface area contributed by atoms with Crippen molar-refractivity contribution in [1.29, 1.82) is 0 Å². The van der Waals surface area contributed by atoms with Gasteiger partial charge in [-0.3, -0.25) is 0 Å². The predicted octanol–water partition coefficient (Wildman–Crippen LogP) is 2.20. The molecule has 0 unspecified atom stereocenters. The summed E-state index contributed by atoms with van der Waals surface area (Å²) in [5, 5.41) is -0.0726. The van der Waals surface area contributed by atoms with Gasteiger partial charge in [0.15, 0.2) is 0 Å². The molecule has 2 aliphatic carbocycles. The largest absolute Gasteiger partial charge is 0.386 e. The number of benzene rings is 1. The van der Waals surface area contributed by atoms with Crippen molar-refractivity contribution in [3.63, 3.8) is 0 Å². The van der Waals surface area contributed by atoms with E-state index in [1.54, 1.807) is 0 Å². The van der Waals surface area contributed by atoms with Crippen LogP contribution < -0.4 is 34.0 Å². The number of hydrogen-bond acceptors (Lipinski definition) is 8. The quantitative estimate of drug-likeness (QED) is 0.631. The van der Waals surface area contributed by atoms with Crippen molar-refractivity contribution < 1.29 is 8.83 Å². The molecule has 2 aromatic heterocycles. The van der Waals surface area contributed by atoms with E-state index in [1.807, 2.05) is 0 Å². The van der Waals surface area contributed by atoms with Gasteiger partial charge in [-0.2, -0.15) is 0 Å². The molecule has 2 aliphatic rings.